The van der Waals surface area contributed by atoms with Crippen molar-refractivity contribution in [2.45, 2.75) is 45.2 Å². The van der Waals surface area contributed by atoms with Gasteiger partial charge in [-0.1, -0.05) is 6.42 Å². The van der Waals surface area contributed by atoms with E-state index >= 15 is 0 Å². The molecule has 5 nitrogen and oxygen atoms in total. The fourth-order valence-corrected chi connectivity index (χ4v) is 2.40. The Morgan fingerprint density at radius 3 is 2.94 bits per heavy atom. The molecule has 0 bridgehead atoms. The first-order valence-corrected chi connectivity index (χ1v) is 6.71. The van der Waals surface area contributed by atoms with Gasteiger partial charge < -0.3 is 15.2 Å². The topological polar surface area (TPSA) is 61.0 Å². The second-order valence-corrected chi connectivity index (χ2v) is 5.16. The van der Waals surface area contributed by atoms with Crippen LogP contribution in [0.15, 0.2) is 17.2 Å². The highest BCUT2D eigenvalue weighted by Gasteiger charge is 2.19. The second kappa shape index (κ2) is 6.00. The molecule has 2 N–H and O–H groups in total. The lowest BCUT2D eigenvalue weighted by atomic mass is 10.0. The van der Waals surface area contributed by atoms with E-state index in [0.29, 0.717) is 12.1 Å². The number of H-pyrrole nitrogens is 1. The fourth-order valence-electron chi connectivity index (χ4n) is 2.40. The molecule has 1 aromatic rings. The van der Waals surface area contributed by atoms with Crippen LogP contribution in [0.3, 0.4) is 0 Å². The van der Waals surface area contributed by atoms with Crippen LogP contribution in [0, 0.1) is 0 Å². The fraction of sp³-hybridized carbons (Fsp3) is 0.692. The first-order chi connectivity index (χ1) is 8.66. The Kier molecular flexibility index (Phi) is 4.36. The Hall–Kier alpha value is -1.36. The molecule has 1 saturated heterocycles. The van der Waals surface area contributed by atoms with Gasteiger partial charge in [-0.2, -0.15) is 0 Å². The molecule has 0 amide bonds. The highest BCUT2D eigenvalue weighted by atomic mass is 16.1. The molecule has 0 aromatic carbocycles. The van der Waals surface area contributed by atoms with E-state index in [2.05, 4.69) is 34.0 Å². The molecule has 1 aliphatic rings. The SMILES string of the molecule is CC(C)N(CC1CCCCN1)c1cc(=O)[nH]cn1. The van der Waals surface area contributed by atoms with Crippen molar-refractivity contribution in [3.8, 4) is 0 Å². The Morgan fingerprint density at radius 2 is 2.33 bits per heavy atom. The standard InChI is InChI=1S/C13H22N4O/c1-10(2)17(8-11-5-3-4-6-14-11)12-7-13(18)16-9-15-12/h7,9-11,14H,3-6,8H2,1-2H3,(H,15,16,18). The van der Waals surface area contributed by atoms with Crippen molar-refractivity contribution < 1.29 is 0 Å². The molecule has 1 aliphatic heterocycles. The predicted molar refractivity (Wildman–Crippen MR) is 73.0 cm³/mol. The molecule has 0 saturated carbocycles. The van der Waals surface area contributed by atoms with Crippen LogP contribution in [0.5, 0.6) is 0 Å². The van der Waals surface area contributed by atoms with Crippen LogP contribution >= 0.6 is 0 Å². The molecule has 2 rings (SSSR count). The number of hydrogen-bond donors (Lipinski definition) is 2. The van der Waals surface area contributed by atoms with E-state index in [4.69, 9.17) is 0 Å². The van der Waals surface area contributed by atoms with Crippen LogP contribution in [-0.2, 0) is 0 Å². The van der Waals surface area contributed by atoms with Gasteiger partial charge >= 0.3 is 0 Å². The first-order valence-electron chi connectivity index (χ1n) is 6.71. The van der Waals surface area contributed by atoms with E-state index in [1.807, 2.05) is 0 Å². The number of piperidine rings is 1. The number of aromatic nitrogens is 2. The molecule has 1 atom stereocenters. The second-order valence-electron chi connectivity index (χ2n) is 5.16. The molecular formula is C13H22N4O. The summed E-state index contributed by atoms with van der Waals surface area (Å²) >= 11 is 0. The molecule has 1 unspecified atom stereocenters. The van der Waals surface area contributed by atoms with E-state index in [1.165, 1.54) is 25.6 Å². The van der Waals surface area contributed by atoms with Gasteiger partial charge in [-0.05, 0) is 33.2 Å². The van der Waals surface area contributed by atoms with Crippen molar-refractivity contribution in [2.24, 2.45) is 0 Å². The summed E-state index contributed by atoms with van der Waals surface area (Å²) in [5, 5.41) is 3.53. The van der Waals surface area contributed by atoms with Crippen molar-refractivity contribution in [1.82, 2.24) is 15.3 Å². The summed E-state index contributed by atoms with van der Waals surface area (Å²) in [5.41, 5.74) is -0.0951. The zero-order valence-corrected chi connectivity index (χ0v) is 11.1. The molecule has 0 spiro atoms. The smallest absolute Gasteiger partial charge is 0.252 e. The number of nitrogens with one attached hydrogen (secondary N) is 2. The zero-order chi connectivity index (χ0) is 13.0. The van der Waals surface area contributed by atoms with Crippen LogP contribution in [0.1, 0.15) is 33.1 Å². The van der Waals surface area contributed by atoms with Gasteiger partial charge in [-0.3, -0.25) is 4.79 Å². The quantitative estimate of drug-likeness (QED) is 0.841. The van der Waals surface area contributed by atoms with Gasteiger partial charge in [0.05, 0.1) is 6.33 Å². The Morgan fingerprint density at radius 1 is 1.50 bits per heavy atom. The maximum atomic E-state index is 11.4. The predicted octanol–water partition coefficient (Wildman–Crippen LogP) is 1.13. The van der Waals surface area contributed by atoms with Gasteiger partial charge in [-0.15, -0.1) is 0 Å². The normalized spacial score (nSPS) is 20.1. The van der Waals surface area contributed by atoms with Gasteiger partial charge in [-0.25, -0.2) is 4.98 Å². The lowest BCUT2D eigenvalue weighted by Gasteiger charge is -2.33. The van der Waals surface area contributed by atoms with Crippen LogP contribution in [0.25, 0.3) is 0 Å². The third-order valence-corrected chi connectivity index (χ3v) is 3.41. The summed E-state index contributed by atoms with van der Waals surface area (Å²) in [5.74, 6) is 0.765. The number of nitrogens with zero attached hydrogens (tertiary/aromatic N) is 2. The van der Waals surface area contributed by atoms with E-state index in [0.717, 1.165) is 18.9 Å². The summed E-state index contributed by atoms with van der Waals surface area (Å²) in [6.45, 7) is 6.27. The third-order valence-electron chi connectivity index (χ3n) is 3.41. The number of aromatic amines is 1. The highest BCUT2D eigenvalue weighted by Crippen LogP contribution is 2.15. The van der Waals surface area contributed by atoms with Gasteiger partial charge in [0.2, 0.25) is 0 Å². The van der Waals surface area contributed by atoms with Crippen molar-refractivity contribution in [2.75, 3.05) is 18.0 Å². The molecule has 1 fully saturated rings. The molecule has 0 aliphatic carbocycles. The minimum atomic E-state index is -0.0951. The minimum absolute atomic E-state index is 0.0951. The molecule has 2 heterocycles. The summed E-state index contributed by atoms with van der Waals surface area (Å²) in [7, 11) is 0. The van der Waals surface area contributed by atoms with E-state index in [-0.39, 0.29) is 5.56 Å². The molecule has 5 heteroatoms. The summed E-state index contributed by atoms with van der Waals surface area (Å²) < 4.78 is 0. The van der Waals surface area contributed by atoms with Crippen LogP contribution < -0.4 is 15.8 Å². The van der Waals surface area contributed by atoms with Gasteiger partial charge in [0.25, 0.3) is 5.56 Å². The summed E-state index contributed by atoms with van der Waals surface area (Å²) in [6, 6.07) is 2.41. The lowest BCUT2D eigenvalue weighted by molar-refractivity contribution is 0.392. The maximum absolute atomic E-state index is 11.4. The van der Waals surface area contributed by atoms with E-state index in [9.17, 15) is 4.79 Å². The number of anilines is 1. The van der Waals surface area contributed by atoms with Crippen molar-refractivity contribution in [1.29, 1.82) is 0 Å². The van der Waals surface area contributed by atoms with Crippen molar-refractivity contribution in [3.63, 3.8) is 0 Å². The molecule has 0 radical (unpaired) electrons. The summed E-state index contributed by atoms with van der Waals surface area (Å²) in [4.78, 5) is 20.4. The Labute approximate surface area is 108 Å². The zero-order valence-electron chi connectivity index (χ0n) is 11.1. The monoisotopic (exact) mass is 250 g/mol. The highest BCUT2D eigenvalue weighted by molar-refractivity contribution is 5.37. The van der Waals surface area contributed by atoms with Crippen molar-refractivity contribution in [3.05, 3.63) is 22.7 Å². The largest absolute Gasteiger partial charge is 0.352 e. The van der Waals surface area contributed by atoms with E-state index < -0.39 is 0 Å². The third kappa shape index (κ3) is 3.32. The average molecular weight is 250 g/mol. The van der Waals surface area contributed by atoms with Gasteiger partial charge in [0.1, 0.15) is 5.82 Å². The Bertz CT molecular complexity index is 423. The lowest BCUT2D eigenvalue weighted by Crippen LogP contribution is -2.46. The van der Waals surface area contributed by atoms with Gasteiger partial charge in [0, 0.05) is 24.7 Å². The molecule has 1 aromatic heterocycles. The molecular weight excluding hydrogens is 228 g/mol. The summed E-state index contributed by atoms with van der Waals surface area (Å²) in [6.07, 6.45) is 5.22. The van der Waals surface area contributed by atoms with Crippen LogP contribution in [0.4, 0.5) is 5.82 Å². The first kappa shape index (κ1) is 13.1. The maximum Gasteiger partial charge on any atom is 0.252 e. The van der Waals surface area contributed by atoms with Crippen molar-refractivity contribution >= 4 is 5.82 Å². The van der Waals surface area contributed by atoms with E-state index in [1.54, 1.807) is 6.07 Å². The number of rotatable bonds is 4. The molecule has 18 heavy (non-hydrogen) atoms. The van der Waals surface area contributed by atoms with Gasteiger partial charge in [0.15, 0.2) is 0 Å². The minimum Gasteiger partial charge on any atom is -0.352 e. The Balaban J connectivity index is 2.10. The van der Waals surface area contributed by atoms with Crippen LogP contribution in [0.2, 0.25) is 0 Å². The average Bonchev–Trinajstić information content (AvgIpc) is 2.37. The van der Waals surface area contributed by atoms with Crippen LogP contribution in [-0.4, -0.2) is 35.1 Å². The molecule has 100 valence electrons. The number of hydrogen-bond acceptors (Lipinski definition) is 4.